The number of halogens is 1. The Morgan fingerprint density at radius 2 is 1.73 bits per heavy atom. The molecule has 7 nitrogen and oxygen atoms in total. The summed E-state index contributed by atoms with van der Waals surface area (Å²) in [5.41, 5.74) is 0.369. The first-order valence-corrected chi connectivity index (χ1v) is 12.3. The molecule has 0 radical (unpaired) electrons. The SMILES string of the molecule is O=C(c1ccc(Cl)c(S(=O)(=O)N2CCCCCC2)c1)N1CCC(n2ccnc2)CC1. The number of hydrogen-bond donors (Lipinski definition) is 0. The van der Waals surface area contributed by atoms with E-state index in [1.165, 1.54) is 16.4 Å². The van der Waals surface area contributed by atoms with Gasteiger partial charge in [0.1, 0.15) is 4.90 Å². The first-order valence-electron chi connectivity index (χ1n) is 10.5. The summed E-state index contributed by atoms with van der Waals surface area (Å²) in [5.74, 6) is -0.150. The van der Waals surface area contributed by atoms with E-state index in [0.717, 1.165) is 38.5 Å². The highest BCUT2D eigenvalue weighted by Crippen LogP contribution is 2.29. The van der Waals surface area contributed by atoms with Crippen molar-refractivity contribution in [1.82, 2.24) is 18.8 Å². The molecule has 162 valence electrons. The normalized spacial score (nSPS) is 19.6. The van der Waals surface area contributed by atoms with E-state index in [4.69, 9.17) is 11.6 Å². The fourth-order valence-electron chi connectivity index (χ4n) is 4.29. The van der Waals surface area contributed by atoms with Crippen LogP contribution in [0.2, 0.25) is 5.02 Å². The molecule has 9 heteroatoms. The summed E-state index contributed by atoms with van der Waals surface area (Å²) in [6.07, 6.45) is 11.0. The number of piperidine rings is 1. The number of benzene rings is 1. The minimum Gasteiger partial charge on any atom is -0.338 e. The molecule has 0 N–H and O–H groups in total. The maximum absolute atomic E-state index is 13.2. The molecule has 1 amide bonds. The number of carbonyl (C=O) groups excluding carboxylic acids is 1. The average molecular weight is 451 g/mol. The van der Waals surface area contributed by atoms with Gasteiger partial charge in [-0.2, -0.15) is 4.31 Å². The minimum absolute atomic E-state index is 0.0326. The van der Waals surface area contributed by atoms with Gasteiger partial charge in [-0.05, 0) is 43.9 Å². The van der Waals surface area contributed by atoms with Crippen LogP contribution in [0.1, 0.15) is 54.9 Å². The van der Waals surface area contributed by atoms with Gasteiger partial charge in [0.25, 0.3) is 5.91 Å². The number of likely N-dealkylation sites (tertiary alicyclic amines) is 1. The summed E-state index contributed by atoms with van der Waals surface area (Å²) < 4.78 is 30.0. The van der Waals surface area contributed by atoms with E-state index in [1.807, 2.05) is 6.20 Å². The van der Waals surface area contributed by atoms with Crippen LogP contribution in [0.4, 0.5) is 0 Å². The molecule has 2 saturated heterocycles. The third kappa shape index (κ3) is 4.40. The molecule has 0 aliphatic carbocycles. The van der Waals surface area contributed by atoms with Crippen LogP contribution in [0.15, 0.2) is 41.8 Å². The number of carbonyl (C=O) groups is 1. The first-order chi connectivity index (χ1) is 14.5. The zero-order chi connectivity index (χ0) is 21.1. The molecule has 0 atom stereocenters. The standard InChI is InChI=1S/C21H27ClN4O3S/c22-19-6-5-17(15-20(19)30(28,29)26-10-3-1-2-4-11-26)21(27)24-12-7-18(8-13-24)25-14-9-23-16-25/h5-6,9,14-16,18H,1-4,7-8,10-13H2. The highest BCUT2D eigenvalue weighted by atomic mass is 35.5. The highest BCUT2D eigenvalue weighted by Gasteiger charge is 2.30. The Kier molecular flexibility index (Phi) is 6.46. The predicted molar refractivity (Wildman–Crippen MR) is 115 cm³/mol. The van der Waals surface area contributed by atoms with Crippen molar-refractivity contribution >= 4 is 27.5 Å². The lowest BCUT2D eigenvalue weighted by Crippen LogP contribution is -2.39. The highest BCUT2D eigenvalue weighted by molar-refractivity contribution is 7.89. The second-order valence-electron chi connectivity index (χ2n) is 8.00. The van der Waals surface area contributed by atoms with E-state index in [1.54, 1.807) is 23.5 Å². The van der Waals surface area contributed by atoms with Gasteiger partial charge in [0.05, 0.1) is 11.3 Å². The van der Waals surface area contributed by atoms with Gasteiger partial charge in [-0.1, -0.05) is 24.4 Å². The summed E-state index contributed by atoms with van der Waals surface area (Å²) >= 11 is 6.27. The molecule has 2 aromatic rings. The first kappa shape index (κ1) is 21.3. The monoisotopic (exact) mass is 450 g/mol. The molecule has 1 aromatic carbocycles. The van der Waals surface area contributed by atoms with Gasteiger partial charge < -0.3 is 9.47 Å². The van der Waals surface area contributed by atoms with Crippen LogP contribution in [0.3, 0.4) is 0 Å². The van der Waals surface area contributed by atoms with Crippen LogP contribution in [-0.4, -0.2) is 59.3 Å². The lowest BCUT2D eigenvalue weighted by Gasteiger charge is -2.32. The third-order valence-electron chi connectivity index (χ3n) is 6.06. The fourth-order valence-corrected chi connectivity index (χ4v) is 6.31. The Balaban J connectivity index is 1.50. The molecule has 30 heavy (non-hydrogen) atoms. The number of nitrogens with zero attached hydrogens (tertiary/aromatic N) is 4. The van der Waals surface area contributed by atoms with Crippen molar-refractivity contribution in [3.8, 4) is 0 Å². The molecular formula is C21H27ClN4O3S. The molecule has 0 bridgehead atoms. The van der Waals surface area contributed by atoms with Crippen molar-refractivity contribution in [2.24, 2.45) is 0 Å². The molecule has 2 fully saturated rings. The molecule has 0 unspecified atom stereocenters. The van der Waals surface area contributed by atoms with Crippen LogP contribution in [-0.2, 0) is 10.0 Å². The topological polar surface area (TPSA) is 75.5 Å². The van der Waals surface area contributed by atoms with Gasteiger partial charge in [-0.25, -0.2) is 13.4 Å². The lowest BCUT2D eigenvalue weighted by atomic mass is 10.0. The number of sulfonamides is 1. The molecule has 0 saturated carbocycles. The van der Waals surface area contributed by atoms with Crippen molar-refractivity contribution < 1.29 is 13.2 Å². The van der Waals surface area contributed by atoms with Crippen molar-refractivity contribution in [3.63, 3.8) is 0 Å². The molecule has 1 aromatic heterocycles. The summed E-state index contributed by atoms with van der Waals surface area (Å²) in [4.78, 5) is 19.0. The minimum atomic E-state index is -3.72. The smallest absolute Gasteiger partial charge is 0.253 e. The summed E-state index contributed by atoms with van der Waals surface area (Å²) in [6.45, 7) is 2.24. The Labute approximate surface area is 182 Å². The third-order valence-corrected chi connectivity index (χ3v) is 8.44. The van der Waals surface area contributed by atoms with Gasteiger partial charge in [0, 0.05) is 50.2 Å². The molecule has 2 aliphatic heterocycles. The largest absolute Gasteiger partial charge is 0.338 e. The maximum atomic E-state index is 13.2. The van der Waals surface area contributed by atoms with E-state index >= 15 is 0 Å². The van der Waals surface area contributed by atoms with E-state index in [2.05, 4.69) is 9.55 Å². The van der Waals surface area contributed by atoms with Crippen molar-refractivity contribution in [3.05, 3.63) is 47.5 Å². The van der Waals surface area contributed by atoms with Crippen molar-refractivity contribution in [2.45, 2.75) is 49.5 Å². The van der Waals surface area contributed by atoms with Crippen LogP contribution < -0.4 is 0 Å². The van der Waals surface area contributed by atoms with E-state index in [0.29, 0.717) is 37.8 Å². The van der Waals surface area contributed by atoms with Crippen LogP contribution in [0, 0.1) is 0 Å². The summed E-state index contributed by atoms with van der Waals surface area (Å²) in [5, 5.41) is 0.162. The average Bonchev–Trinajstić information content (AvgIpc) is 3.15. The van der Waals surface area contributed by atoms with Crippen LogP contribution >= 0.6 is 11.6 Å². The Morgan fingerprint density at radius 1 is 1.03 bits per heavy atom. The molecule has 4 rings (SSSR count). The summed E-state index contributed by atoms with van der Waals surface area (Å²) in [6, 6.07) is 4.93. The van der Waals surface area contributed by atoms with E-state index in [9.17, 15) is 13.2 Å². The Bertz CT molecular complexity index is 978. The van der Waals surface area contributed by atoms with E-state index < -0.39 is 10.0 Å². The summed E-state index contributed by atoms with van der Waals surface area (Å²) in [7, 11) is -3.72. The second kappa shape index (κ2) is 9.08. The second-order valence-corrected chi connectivity index (χ2v) is 10.3. The molecular weight excluding hydrogens is 424 g/mol. The maximum Gasteiger partial charge on any atom is 0.253 e. The Hall–Kier alpha value is -1.90. The van der Waals surface area contributed by atoms with Crippen LogP contribution in [0.25, 0.3) is 0 Å². The molecule has 0 spiro atoms. The number of aromatic nitrogens is 2. The zero-order valence-corrected chi connectivity index (χ0v) is 18.5. The number of imidazole rings is 1. The number of amides is 1. The van der Waals surface area contributed by atoms with Crippen molar-refractivity contribution in [2.75, 3.05) is 26.2 Å². The van der Waals surface area contributed by atoms with Crippen molar-refractivity contribution in [1.29, 1.82) is 0 Å². The van der Waals surface area contributed by atoms with Crippen LogP contribution in [0.5, 0.6) is 0 Å². The lowest BCUT2D eigenvalue weighted by molar-refractivity contribution is 0.0694. The molecule has 2 aliphatic rings. The Morgan fingerprint density at radius 3 is 2.37 bits per heavy atom. The van der Waals surface area contributed by atoms with E-state index in [-0.39, 0.29) is 15.8 Å². The number of rotatable bonds is 4. The van der Waals surface area contributed by atoms with Gasteiger partial charge in [-0.3, -0.25) is 4.79 Å². The zero-order valence-electron chi connectivity index (χ0n) is 16.9. The van der Waals surface area contributed by atoms with Gasteiger partial charge in [0.2, 0.25) is 10.0 Å². The van der Waals surface area contributed by atoms with Gasteiger partial charge in [0.15, 0.2) is 0 Å². The predicted octanol–water partition coefficient (Wildman–Crippen LogP) is 3.58. The van der Waals surface area contributed by atoms with Gasteiger partial charge >= 0.3 is 0 Å². The fraction of sp³-hybridized carbons (Fsp3) is 0.524. The number of hydrogen-bond acceptors (Lipinski definition) is 4. The molecule has 3 heterocycles. The quantitative estimate of drug-likeness (QED) is 0.713. The van der Waals surface area contributed by atoms with Gasteiger partial charge in [-0.15, -0.1) is 0 Å².